The van der Waals surface area contributed by atoms with Gasteiger partial charge in [0.15, 0.2) is 0 Å². The maximum Gasteiger partial charge on any atom is 0.262 e. The minimum Gasteiger partial charge on any atom is -0.402 e. The van der Waals surface area contributed by atoms with Gasteiger partial charge in [0.05, 0.1) is 0 Å². The van der Waals surface area contributed by atoms with Crippen LogP contribution in [0, 0.1) is 0 Å². The van der Waals surface area contributed by atoms with E-state index in [1.54, 1.807) is 31.7 Å². The summed E-state index contributed by atoms with van der Waals surface area (Å²) in [4.78, 5) is 13.1. The second-order valence-corrected chi connectivity index (χ2v) is 3.56. The molecule has 1 heterocycles. The van der Waals surface area contributed by atoms with E-state index >= 15 is 0 Å². The van der Waals surface area contributed by atoms with Crippen LogP contribution in [-0.2, 0) is 4.79 Å². The molecule has 3 N–H and O–H groups in total. The first-order valence-corrected chi connectivity index (χ1v) is 4.69. The summed E-state index contributed by atoms with van der Waals surface area (Å²) >= 11 is 0. The van der Waals surface area contributed by atoms with Crippen LogP contribution in [0.25, 0.3) is 0 Å². The molecule has 82 valence electrons. The predicted octanol–water partition coefficient (Wildman–Crippen LogP) is 0.516. The lowest BCUT2D eigenvalue weighted by Crippen LogP contribution is -2.50. The first-order chi connectivity index (χ1) is 6.93. The first-order valence-electron chi connectivity index (χ1n) is 4.69. The minimum absolute atomic E-state index is 0.148. The number of carbonyl (C=O) groups excluding carboxylic acids is 1. The number of amides is 1. The van der Waals surface area contributed by atoms with E-state index in [9.17, 15) is 4.79 Å². The lowest BCUT2D eigenvalue weighted by molar-refractivity contribution is -0.124. The SMILES string of the molecule is C=C(/C=C(\C)N)N1C(C)=NNC(=O)C1C. The Labute approximate surface area is 89.3 Å². The molecule has 1 aliphatic heterocycles. The number of hydrogen-bond acceptors (Lipinski definition) is 4. The van der Waals surface area contributed by atoms with Crippen molar-refractivity contribution < 1.29 is 4.79 Å². The molecular weight excluding hydrogens is 192 g/mol. The second kappa shape index (κ2) is 4.16. The van der Waals surface area contributed by atoms with Crippen molar-refractivity contribution in [2.24, 2.45) is 10.8 Å². The Bertz CT molecular complexity index is 352. The summed E-state index contributed by atoms with van der Waals surface area (Å²) in [6.07, 6.45) is 1.72. The van der Waals surface area contributed by atoms with Crippen LogP contribution in [0.5, 0.6) is 0 Å². The van der Waals surface area contributed by atoms with Crippen molar-refractivity contribution in [1.82, 2.24) is 10.3 Å². The molecule has 1 rings (SSSR count). The molecule has 0 aromatic rings. The molecule has 0 saturated heterocycles. The van der Waals surface area contributed by atoms with E-state index in [1.165, 1.54) is 0 Å². The summed E-state index contributed by atoms with van der Waals surface area (Å²) < 4.78 is 0. The van der Waals surface area contributed by atoms with Crippen LogP contribution in [-0.4, -0.2) is 22.7 Å². The van der Waals surface area contributed by atoms with Crippen LogP contribution in [0.4, 0.5) is 0 Å². The fraction of sp³-hybridized carbons (Fsp3) is 0.400. The molecular formula is C10H16N4O. The monoisotopic (exact) mass is 208 g/mol. The summed E-state index contributed by atoms with van der Waals surface area (Å²) in [6.45, 7) is 9.23. The molecule has 5 nitrogen and oxygen atoms in total. The predicted molar refractivity (Wildman–Crippen MR) is 59.6 cm³/mol. The van der Waals surface area contributed by atoms with Crippen LogP contribution >= 0.6 is 0 Å². The number of rotatable bonds is 2. The van der Waals surface area contributed by atoms with Gasteiger partial charge in [-0.1, -0.05) is 6.58 Å². The van der Waals surface area contributed by atoms with Crippen molar-refractivity contribution in [3.05, 3.63) is 24.0 Å². The van der Waals surface area contributed by atoms with Crippen molar-refractivity contribution in [2.45, 2.75) is 26.8 Å². The van der Waals surface area contributed by atoms with Gasteiger partial charge in [-0.2, -0.15) is 5.10 Å². The lowest BCUT2D eigenvalue weighted by atomic mass is 10.2. The third-order valence-electron chi connectivity index (χ3n) is 2.15. The third-order valence-corrected chi connectivity index (χ3v) is 2.15. The van der Waals surface area contributed by atoms with Crippen LogP contribution < -0.4 is 11.2 Å². The molecule has 5 heteroatoms. The maximum absolute atomic E-state index is 11.4. The van der Waals surface area contributed by atoms with Gasteiger partial charge in [0.1, 0.15) is 11.9 Å². The Morgan fingerprint density at radius 3 is 2.87 bits per heavy atom. The summed E-state index contributed by atoms with van der Waals surface area (Å²) in [5, 5.41) is 3.88. The van der Waals surface area contributed by atoms with E-state index in [1.807, 2.05) is 0 Å². The molecule has 15 heavy (non-hydrogen) atoms. The van der Waals surface area contributed by atoms with E-state index < -0.39 is 0 Å². The Balaban J connectivity index is 2.97. The van der Waals surface area contributed by atoms with Gasteiger partial charge in [-0.3, -0.25) is 4.79 Å². The number of nitrogens with one attached hydrogen (secondary N) is 1. The fourth-order valence-corrected chi connectivity index (χ4v) is 1.47. The molecule has 0 aliphatic carbocycles. The largest absolute Gasteiger partial charge is 0.402 e. The number of allylic oxidation sites excluding steroid dienone is 2. The van der Waals surface area contributed by atoms with Crippen molar-refractivity contribution in [2.75, 3.05) is 0 Å². The molecule has 1 atom stereocenters. The highest BCUT2D eigenvalue weighted by atomic mass is 16.2. The lowest BCUT2D eigenvalue weighted by Gasteiger charge is -2.32. The minimum atomic E-state index is -0.314. The zero-order chi connectivity index (χ0) is 11.6. The van der Waals surface area contributed by atoms with Crippen molar-refractivity contribution in [1.29, 1.82) is 0 Å². The molecule has 0 bridgehead atoms. The summed E-state index contributed by atoms with van der Waals surface area (Å²) in [6, 6.07) is -0.314. The molecule has 1 amide bonds. The molecule has 1 unspecified atom stereocenters. The first kappa shape index (κ1) is 11.3. The van der Waals surface area contributed by atoms with Gasteiger partial charge >= 0.3 is 0 Å². The molecule has 0 spiro atoms. The highest BCUT2D eigenvalue weighted by Crippen LogP contribution is 2.14. The normalized spacial score (nSPS) is 22.2. The Morgan fingerprint density at radius 2 is 2.33 bits per heavy atom. The number of carbonyl (C=O) groups is 1. The Hall–Kier alpha value is -1.78. The van der Waals surface area contributed by atoms with Gasteiger partial charge in [0, 0.05) is 11.4 Å². The molecule has 0 fully saturated rings. The smallest absolute Gasteiger partial charge is 0.262 e. The van der Waals surface area contributed by atoms with Gasteiger partial charge in [0.2, 0.25) is 0 Å². The quantitative estimate of drug-likeness (QED) is 0.650. The van der Waals surface area contributed by atoms with Crippen LogP contribution in [0.2, 0.25) is 0 Å². The fourth-order valence-electron chi connectivity index (χ4n) is 1.47. The molecule has 0 radical (unpaired) electrons. The second-order valence-electron chi connectivity index (χ2n) is 3.56. The van der Waals surface area contributed by atoms with Gasteiger partial charge in [-0.05, 0) is 26.8 Å². The van der Waals surface area contributed by atoms with E-state index in [-0.39, 0.29) is 11.9 Å². The number of hydrazone groups is 1. The summed E-state index contributed by atoms with van der Waals surface area (Å²) in [5.41, 5.74) is 9.30. The zero-order valence-electron chi connectivity index (χ0n) is 9.24. The highest BCUT2D eigenvalue weighted by molar-refractivity contribution is 5.94. The Kier molecular flexibility index (Phi) is 3.14. The van der Waals surface area contributed by atoms with Gasteiger partial charge in [-0.15, -0.1) is 0 Å². The van der Waals surface area contributed by atoms with Gasteiger partial charge in [-0.25, -0.2) is 5.43 Å². The summed E-state index contributed by atoms with van der Waals surface area (Å²) in [5.74, 6) is 0.550. The topological polar surface area (TPSA) is 70.7 Å². The van der Waals surface area contributed by atoms with Crippen LogP contribution in [0.3, 0.4) is 0 Å². The zero-order valence-corrected chi connectivity index (χ0v) is 9.24. The van der Waals surface area contributed by atoms with E-state index in [2.05, 4.69) is 17.1 Å². The van der Waals surface area contributed by atoms with E-state index in [0.717, 1.165) is 0 Å². The van der Waals surface area contributed by atoms with Gasteiger partial charge < -0.3 is 10.6 Å². The third kappa shape index (κ3) is 2.37. The molecule has 1 aliphatic rings. The van der Waals surface area contributed by atoms with Crippen LogP contribution in [0.1, 0.15) is 20.8 Å². The van der Waals surface area contributed by atoms with Crippen molar-refractivity contribution in [3.63, 3.8) is 0 Å². The number of amidine groups is 1. The highest BCUT2D eigenvalue weighted by Gasteiger charge is 2.27. The van der Waals surface area contributed by atoms with Crippen molar-refractivity contribution >= 4 is 11.7 Å². The average Bonchev–Trinajstić information content (AvgIpc) is 2.11. The summed E-state index contributed by atoms with van der Waals surface area (Å²) in [7, 11) is 0. The maximum atomic E-state index is 11.4. The number of nitrogens with two attached hydrogens (primary N) is 1. The standard InChI is InChI=1S/C10H16N4O/c1-6(11)5-7(2)14-8(3)10(15)13-12-9(14)4/h5,8H,2,11H2,1,3-4H3,(H,13,15)/b6-5+. The molecule has 0 aromatic heterocycles. The molecule has 0 saturated carbocycles. The van der Waals surface area contributed by atoms with E-state index in [4.69, 9.17) is 5.73 Å². The molecule has 0 aromatic carbocycles. The average molecular weight is 208 g/mol. The number of nitrogens with zero attached hydrogens (tertiary/aromatic N) is 2. The number of hydrogen-bond donors (Lipinski definition) is 2. The van der Waals surface area contributed by atoms with Gasteiger partial charge in [0.25, 0.3) is 5.91 Å². The van der Waals surface area contributed by atoms with Crippen molar-refractivity contribution in [3.8, 4) is 0 Å². The van der Waals surface area contributed by atoms with Crippen LogP contribution in [0.15, 0.2) is 29.2 Å². The van der Waals surface area contributed by atoms with E-state index in [0.29, 0.717) is 17.2 Å². The Morgan fingerprint density at radius 1 is 1.73 bits per heavy atom.